The monoisotopic (exact) mass is 278 g/mol. The molecular weight excluding hydrogens is 259 g/mol. The van der Waals surface area contributed by atoms with E-state index in [2.05, 4.69) is 5.32 Å². The SMILES string of the molecule is CCC1NC(c2ccc(OC)c(F)c2)N(C2CC2)C1=O. The standard InChI is InChI=1S/C15H19FN2O2/c1-3-12-15(19)18(10-5-6-10)14(17-12)9-4-7-13(20-2)11(16)8-9/h4,7-8,10,12,14,17H,3,5-6H2,1-2H3. The zero-order chi connectivity index (χ0) is 14.3. The summed E-state index contributed by atoms with van der Waals surface area (Å²) >= 11 is 0. The Morgan fingerprint density at radius 1 is 1.45 bits per heavy atom. The molecule has 2 unspecified atom stereocenters. The molecule has 20 heavy (non-hydrogen) atoms. The summed E-state index contributed by atoms with van der Waals surface area (Å²) in [7, 11) is 1.44. The highest BCUT2D eigenvalue weighted by molar-refractivity contribution is 5.85. The maximum Gasteiger partial charge on any atom is 0.241 e. The molecule has 0 aromatic heterocycles. The van der Waals surface area contributed by atoms with Gasteiger partial charge in [-0.25, -0.2) is 4.39 Å². The van der Waals surface area contributed by atoms with Crippen LogP contribution in [0.15, 0.2) is 18.2 Å². The Balaban J connectivity index is 1.91. The van der Waals surface area contributed by atoms with Crippen LogP contribution in [0.3, 0.4) is 0 Å². The molecule has 1 N–H and O–H groups in total. The maximum absolute atomic E-state index is 13.9. The van der Waals surface area contributed by atoms with Crippen LogP contribution < -0.4 is 10.1 Å². The Labute approximate surface area is 117 Å². The number of benzene rings is 1. The summed E-state index contributed by atoms with van der Waals surface area (Å²) in [6, 6.07) is 5.03. The van der Waals surface area contributed by atoms with E-state index in [1.165, 1.54) is 13.2 Å². The Kier molecular flexibility index (Phi) is 3.38. The average Bonchev–Trinajstić information content (AvgIpc) is 3.22. The normalized spacial score (nSPS) is 26.1. The van der Waals surface area contributed by atoms with Gasteiger partial charge in [0.2, 0.25) is 5.91 Å². The lowest BCUT2D eigenvalue weighted by atomic mass is 10.1. The van der Waals surface area contributed by atoms with Crippen molar-refractivity contribution in [1.29, 1.82) is 0 Å². The fraction of sp³-hybridized carbons (Fsp3) is 0.533. The maximum atomic E-state index is 13.9. The van der Waals surface area contributed by atoms with Gasteiger partial charge in [-0.1, -0.05) is 13.0 Å². The number of amides is 1. The smallest absolute Gasteiger partial charge is 0.241 e. The van der Waals surface area contributed by atoms with Gasteiger partial charge in [-0.3, -0.25) is 10.1 Å². The predicted molar refractivity (Wildman–Crippen MR) is 72.8 cm³/mol. The van der Waals surface area contributed by atoms with Crippen LogP contribution >= 0.6 is 0 Å². The van der Waals surface area contributed by atoms with Gasteiger partial charge in [0.15, 0.2) is 11.6 Å². The van der Waals surface area contributed by atoms with E-state index < -0.39 is 5.82 Å². The van der Waals surface area contributed by atoms with Crippen LogP contribution in [0.5, 0.6) is 5.75 Å². The van der Waals surface area contributed by atoms with E-state index >= 15 is 0 Å². The molecule has 1 aromatic carbocycles. The topological polar surface area (TPSA) is 41.6 Å². The van der Waals surface area contributed by atoms with Gasteiger partial charge in [-0.2, -0.15) is 0 Å². The molecule has 2 atom stereocenters. The Bertz CT molecular complexity index is 531. The molecule has 0 radical (unpaired) electrons. The number of rotatable bonds is 4. The van der Waals surface area contributed by atoms with E-state index in [1.807, 2.05) is 17.9 Å². The summed E-state index contributed by atoms with van der Waals surface area (Å²) < 4.78 is 18.8. The molecule has 1 heterocycles. The zero-order valence-electron chi connectivity index (χ0n) is 11.7. The van der Waals surface area contributed by atoms with E-state index in [0.29, 0.717) is 6.04 Å². The van der Waals surface area contributed by atoms with E-state index in [1.54, 1.807) is 6.07 Å². The molecule has 1 aromatic rings. The molecule has 1 amide bonds. The summed E-state index contributed by atoms with van der Waals surface area (Å²) in [5, 5.41) is 3.31. The van der Waals surface area contributed by atoms with Crippen LogP contribution in [0.1, 0.15) is 37.9 Å². The largest absolute Gasteiger partial charge is 0.494 e. The van der Waals surface area contributed by atoms with Crippen molar-refractivity contribution in [2.75, 3.05) is 7.11 Å². The molecule has 5 heteroatoms. The third kappa shape index (κ3) is 2.16. The molecule has 2 aliphatic rings. The minimum absolute atomic E-state index is 0.135. The van der Waals surface area contributed by atoms with E-state index in [-0.39, 0.29) is 23.9 Å². The first-order valence-corrected chi connectivity index (χ1v) is 7.07. The van der Waals surface area contributed by atoms with Crippen molar-refractivity contribution in [3.8, 4) is 5.75 Å². The van der Waals surface area contributed by atoms with Gasteiger partial charge in [0, 0.05) is 6.04 Å². The van der Waals surface area contributed by atoms with Gasteiger partial charge in [0.25, 0.3) is 0 Å². The minimum atomic E-state index is -0.394. The molecule has 4 nitrogen and oxygen atoms in total. The second-order valence-corrected chi connectivity index (χ2v) is 5.40. The molecular formula is C15H19FN2O2. The lowest BCUT2D eigenvalue weighted by molar-refractivity contribution is -0.130. The zero-order valence-corrected chi connectivity index (χ0v) is 11.7. The molecule has 108 valence electrons. The number of methoxy groups -OCH3 is 1. The molecule has 1 aliphatic heterocycles. The molecule has 1 saturated heterocycles. The van der Waals surface area contributed by atoms with Crippen molar-refractivity contribution >= 4 is 5.91 Å². The summed E-state index contributed by atoms with van der Waals surface area (Å²) in [4.78, 5) is 14.2. The number of carbonyl (C=O) groups excluding carboxylic acids is 1. The van der Waals surface area contributed by atoms with E-state index in [9.17, 15) is 9.18 Å². The lowest BCUT2D eigenvalue weighted by Crippen LogP contribution is -2.32. The van der Waals surface area contributed by atoms with Crippen LogP contribution in [0.25, 0.3) is 0 Å². The molecule has 1 aliphatic carbocycles. The van der Waals surface area contributed by atoms with Crippen molar-refractivity contribution < 1.29 is 13.9 Å². The van der Waals surface area contributed by atoms with Crippen LogP contribution in [-0.4, -0.2) is 30.0 Å². The second-order valence-electron chi connectivity index (χ2n) is 5.40. The van der Waals surface area contributed by atoms with E-state index in [0.717, 1.165) is 24.8 Å². The number of halogens is 1. The van der Waals surface area contributed by atoms with Crippen molar-refractivity contribution in [2.45, 2.75) is 44.4 Å². The van der Waals surface area contributed by atoms with Gasteiger partial charge >= 0.3 is 0 Å². The van der Waals surface area contributed by atoms with Crippen molar-refractivity contribution in [3.05, 3.63) is 29.6 Å². The Hall–Kier alpha value is -1.62. The quantitative estimate of drug-likeness (QED) is 0.918. The average molecular weight is 278 g/mol. The number of carbonyl (C=O) groups is 1. The number of nitrogens with one attached hydrogen (secondary N) is 1. The summed E-state index contributed by atoms with van der Waals surface area (Å²) in [5.74, 6) is -0.0331. The molecule has 0 spiro atoms. The predicted octanol–water partition coefficient (Wildman–Crippen LogP) is 2.21. The number of hydrogen-bond donors (Lipinski definition) is 1. The Morgan fingerprint density at radius 2 is 2.20 bits per heavy atom. The minimum Gasteiger partial charge on any atom is -0.494 e. The fourth-order valence-electron chi connectivity index (χ4n) is 2.79. The van der Waals surface area contributed by atoms with Gasteiger partial charge in [-0.05, 0) is 37.0 Å². The van der Waals surface area contributed by atoms with Gasteiger partial charge in [-0.15, -0.1) is 0 Å². The number of hydrogen-bond acceptors (Lipinski definition) is 3. The Morgan fingerprint density at radius 3 is 2.75 bits per heavy atom. The highest BCUT2D eigenvalue weighted by Gasteiger charge is 2.46. The highest BCUT2D eigenvalue weighted by atomic mass is 19.1. The van der Waals surface area contributed by atoms with E-state index in [4.69, 9.17) is 4.74 Å². The summed E-state index contributed by atoms with van der Waals surface area (Å²) in [6.07, 6.45) is 2.61. The fourth-order valence-corrected chi connectivity index (χ4v) is 2.79. The van der Waals surface area contributed by atoms with Crippen LogP contribution in [-0.2, 0) is 4.79 Å². The van der Waals surface area contributed by atoms with Gasteiger partial charge in [0.1, 0.15) is 6.17 Å². The highest BCUT2D eigenvalue weighted by Crippen LogP contribution is 2.38. The van der Waals surface area contributed by atoms with Crippen molar-refractivity contribution in [1.82, 2.24) is 10.2 Å². The summed E-state index contributed by atoms with van der Waals surface area (Å²) in [5.41, 5.74) is 0.777. The molecule has 1 saturated carbocycles. The third-order valence-electron chi connectivity index (χ3n) is 4.03. The molecule has 2 fully saturated rings. The van der Waals surface area contributed by atoms with Crippen LogP contribution in [0.4, 0.5) is 4.39 Å². The first-order chi connectivity index (χ1) is 9.65. The van der Waals surface area contributed by atoms with Gasteiger partial charge in [0.05, 0.1) is 13.2 Å². The molecule has 0 bridgehead atoms. The molecule has 3 rings (SSSR count). The van der Waals surface area contributed by atoms with Gasteiger partial charge < -0.3 is 9.64 Å². The number of ether oxygens (including phenoxy) is 1. The van der Waals surface area contributed by atoms with Crippen LogP contribution in [0.2, 0.25) is 0 Å². The lowest BCUT2D eigenvalue weighted by Gasteiger charge is -2.24. The first kappa shape index (κ1) is 13.4. The van der Waals surface area contributed by atoms with Crippen molar-refractivity contribution in [2.24, 2.45) is 0 Å². The van der Waals surface area contributed by atoms with Crippen LogP contribution in [0, 0.1) is 5.82 Å². The first-order valence-electron chi connectivity index (χ1n) is 7.07. The third-order valence-corrected chi connectivity index (χ3v) is 4.03. The van der Waals surface area contributed by atoms with Crippen molar-refractivity contribution in [3.63, 3.8) is 0 Å². The second kappa shape index (κ2) is 5.05. The summed E-state index contributed by atoms with van der Waals surface area (Å²) in [6.45, 7) is 1.98. The number of nitrogens with zero attached hydrogens (tertiary/aromatic N) is 1.